The topological polar surface area (TPSA) is 88.1 Å². The molecule has 1 aliphatic rings. The average molecular weight is 403 g/mol. The Balaban J connectivity index is 1.67. The molecule has 7 heteroatoms. The van der Waals surface area contributed by atoms with Crippen molar-refractivity contribution in [3.63, 3.8) is 0 Å². The molecule has 7 nitrogen and oxygen atoms in total. The molecular weight excluding hydrogens is 378 g/mol. The SMILES string of the molecule is CCCCc1cccc(-c2cc(NC(=O)[C@@H]3CNC(=O)N3)nn2-c2ccccc2)c1. The summed E-state index contributed by atoms with van der Waals surface area (Å²) >= 11 is 0. The fourth-order valence-electron chi connectivity index (χ4n) is 3.51. The first-order valence-electron chi connectivity index (χ1n) is 10.2. The van der Waals surface area contributed by atoms with Crippen molar-refractivity contribution in [2.75, 3.05) is 11.9 Å². The van der Waals surface area contributed by atoms with Crippen molar-refractivity contribution in [3.8, 4) is 16.9 Å². The molecule has 1 atom stereocenters. The summed E-state index contributed by atoms with van der Waals surface area (Å²) in [7, 11) is 0. The van der Waals surface area contributed by atoms with Crippen LogP contribution in [0.25, 0.3) is 16.9 Å². The van der Waals surface area contributed by atoms with Gasteiger partial charge in [0.1, 0.15) is 6.04 Å². The molecule has 1 fully saturated rings. The third kappa shape index (κ3) is 4.35. The highest BCUT2D eigenvalue weighted by atomic mass is 16.2. The van der Waals surface area contributed by atoms with Crippen molar-refractivity contribution in [3.05, 3.63) is 66.2 Å². The van der Waals surface area contributed by atoms with Gasteiger partial charge in [0.15, 0.2) is 5.82 Å². The lowest BCUT2D eigenvalue weighted by Crippen LogP contribution is -2.38. The van der Waals surface area contributed by atoms with Gasteiger partial charge in [-0.15, -0.1) is 5.10 Å². The van der Waals surface area contributed by atoms with Gasteiger partial charge in [-0.05, 0) is 36.6 Å². The van der Waals surface area contributed by atoms with Gasteiger partial charge in [0.25, 0.3) is 0 Å². The molecule has 3 aromatic rings. The normalized spacial score (nSPS) is 15.5. The van der Waals surface area contributed by atoms with Crippen LogP contribution < -0.4 is 16.0 Å². The lowest BCUT2D eigenvalue weighted by atomic mass is 10.0. The highest BCUT2D eigenvalue weighted by molar-refractivity contribution is 5.98. The maximum Gasteiger partial charge on any atom is 0.315 e. The molecule has 1 saturated heterocycles. The Labute approximate surface area is 175 Å². The molecule has 0 spiro atoms. The number of hydrogen-bond donors (Lipinski definition) is 3. The fraction of sp³-hybridized carbons (Fsp3) is 0.261. The van der Waals surface area contributed by atoms with Gasteiger partial charge in [0.2, 0.25) is 5.91 Å². The van der Waals surface area contributed by atoms with Crippen LogP contribution in [-0.4, -0.2) is 34.3 Å². The summed E-state index contributed by atoms with van der Waals surface area (Å²) in [5.41, 5.74) is 4.11. The number of aryl methyl sites for hydroxylation is 1. The molecule has 0 unspecified atom stereocenters. The Bertz CT molecular complexity index is 1040. The number of para-hydroxylation sites is 1. The van der Waals surface area contributed by atoms with Crippen LogP contribution in [0.5, 0.6) is 0 Å². The molecule has 3 N–H and O–H groups in total. The molecule has 2 aromatic carbocycles. The number of aromatic nitrogens is 2. The van der Waals surface area contributed by atoms with Crippen LogP contribution in [0.2, 0.25) is 0 Å². The van der Waals surface area contributed by atoms with Gasteiger partial charge < -0.3 is 16.0 Å². The molecule has 154 valence electrons. The molecule has 3 amide bonds. The van der Waals surface area contributed by atoms with E-state index in [1.54, 1.807) is 0 Å². The van der Waals surface area contributed by atoms with Crippen molar-refractivity contribution in [1.29, 1.82) is 0 Å². The number of carbonyl (C=O) groups is 2. The zero-order valence-corrected chi connectivity index (χ0v) is 16.9. The number of urea groups is 1. The number of benzene rings is 2. The van der Waals surface area contributed by atoms with E-state index in [0.717, 1.165) is 36.2 Å². The second-order valence-corrected chi connectivity index (χ2v) is 7.36. The van der Waals surface area contributed by atoms with E-state index in [0.29, 0.717) is 5.82 Å². The third-order valence-electron chi connectivity index (χ3n) is 5.09. The smallest absolute Gasteiger partial charge is 0.315 e. The molecular formula is C23H25N5O2. The van der Waals surface area contributed by atoms with E-state index in [1.165, 1.54) is 5.56 Å². The largest absolute Gasteiger partial charge is 0.336 e. The van der Waals surface area contributed by atoms with Crippen LogP contribution in [0.1, 0.15) is 25.3 Å². The Kier molecular flexibility index (Phi) is 5.79. The molecule has 0 saturated carbocycles. The number of nitrogens with zero attached hydrogens (tertiary/aromatic N) is 2. The summed E-state index contributed by atoms with van der Waals surface area (Å²) in [4.78, 5) is 23.8. The Hall–Kier alpha value is -3.61. The van der Waals surface area contributed by atoms with Gasteiger partial charge >= 0.3 is 6.03 Å². The Morgan fingerprint density at radius 1 is 1.17 bits per heavy atom. The minimum atomic E-state index is -0.611. The summed E-state index contributed by atoms with van der Waals surface area (Å²) in [6.07, 6.45) is 3.32. The van der Waals surface area contributed by atoms with Gasteiger partial charge in [-0.3, -0.25) is 4.79 Å². The van der Waals surface area contributed by atoms with E-state index in [1.807, 2.05) is 41.1 Å². The Morgan fingerprint density at radius 2 is 2.00 bits per heavy atom. The summed E-state index contributed by atoms with van der Waals surface area (Å²) in [6, 6.07) is 19.2. The minimum Gasteiger partial charge on any atom is -0.336 e. The zero-order chi connectivity index (χ0) is 20.9. The maximum atomic E-state index is 12.5. The summed E-state index contributed by atoms with van der Waals surface area (Å²) in [6.45, 7) is 2.45. The van der Waals surface area contributed by atoms with Crippen molar-refractivity contribution in [2.24, 2.45) is 0 Å². The van der Waals surface area contributed by atoms with Gasteiger partial charge in [-0.2, -0.15) is 0 Å². The van der Waals surface area contributed by atoms with Crippen molar-refractivity contribution < 1.29 is 9.59 Å². The first-order valence-corrected chi connectivity index (χ1v) is 10.2. The van der Waals surface area contributed by atoms with Crippen LogP contribution in [0, 0.1) is 0 Å². The highest BCUT2D eigenvalue weighted by Crippen LogP contribution is 2.27. The van der Waals surface area contributed by atoms with Crippen LogP contribution >= 0.6 is 0 Å². The van der Waals surface area contributed by atoms with E-state index in [-0.39, 0.29) is 18.5 Å². The predicted octanol–water partition coefficient (Wildman–Crippen LogP) is 3.50. The van der Waals surface area contributed by atoms with Crippen LogP contribution in [0.15, 0.2) is 60.7 Å². The van der Waals surface area contributed by atoms with Crippen molar-refractivity contribution in [1.82, 2.24) is 20.4 Å². The van der Waals surface area contributed by atoms with Gasteiger partial charge in [0, 0.05) is 18.2 Å². The first-order chi connectivity index (χ1) is 14.6. The van der Waals surface area contributed by atoms with Gasteiger partial charge in [-0.25, -0.2) is 9.48 Å². The second kappa shape index (κ2) is 8.82. The molecule has 0 aliphatic carbocycles. The second-order valence-electron chi connectivity index (χ2n) is 7.36. The van der Waals surface area contributed by atoms with Gasteiger partial charge in [-0.1, -0.05) is 49.7 Å². The molecule has 0 bridgehead atoms. The lowest BCUT2D eigenvalue weighted by Gasteiger charge is -2.09. The maximum absolute atomic E-state index is 12.5. The molecule has 1 aliphatic heterocycles. The molecule has 1 aromatic heterocycles. The lowest BCUT2D eigenvalue weighted by molar-refractivity contribution is -0.117. The number of rotatable bonds is 7. The van der Waals surface area contributed by atoms with Crippen molar-refractivity contribution in [2.45, 2.75) is 32.2 Å². The number of hydrogen-bond acceptors (Lipinski definition) is 3. The number of unbranched alkanes of at least 4 members (excludes halogenated alkanes) is 1. The molecule has 30 heavy (non-hydrogen) atoms. The number of amides is 3. The van der Waals surface area contributed by atoms with E-state index < -0.39 is 6.04 Å². The Morgan fingerprint density at radius 3 is 2.73 bits per heavy atom. The number of anilines is 1. The third-order valence-corrected chi connectivity index (χ3v) is 5.09. The zero-order valence-electron chi connectivity index (χ0n) is 16.9. The monoisotopic (exact) mass is 403 g/mol. The van der Waals surface area contributed by atoms with Crippen LogP contribution in [0.4, 0.5) is 10.6 Å². The minimum absolute atomic E-state index is 0.260. The highest BCUT2D eigenvalue weighted by Gasteiger charge is 2.27. The van der Waals surface area contributed by atoms with E-state index in [9.17, 15) is 9.59 Å². The summed E-state index contributed by atoms with van der Waals surface area (Å²) in [5, 5.41) is 12.6. The van der Waals surface area contributed by atoms with Crippen LogP contribution in [0.3, 0.4) is 0 Å². The van der Waals surface area contributed by atoms with Crippen molar-refractivity contribution >= 4 is 17.8 Å². The van der Waals surface area contributed by atoms with E-state index >= 15 is 0 Å². The van der Waals surface area contributed by atoms with E-state index in [2.05, 4.69) is 52.2 Å². The summed E-state index contributed by atoms with van der Waals surface area (Å²) in [5.74, 6) is 0.147. The standard InChI is InChI=1S/C23H25N5O2/c1-2-3-8-16-9-7-10-17(13-16)20-14-21(26-22(29)19-15-24-23(30)25-19)27-28(20)18-11-5-4-6-12-18/h4-7,9-14,19H,2-3,8,15H2,1H3,(H2,24,25,30)(H,26,27,29)/t19-/m0/s1. The molecule has 2 heterocycles. The molecule has 4 rings (SSSR count). The fourth-order valence-corrected chi connectivity index (χ4v) is 3.51. The van der Waals surface area contributed by atoms with Crippen LogP contribution in [-0.2, 0) is 11.2 Å². The van der Waals surface area contributed by atoms with E-state index in [4.69, 9.17) is 0 Å². The quantitative estimate of drug-likeness (QED) is 0.564. The number of nitrogens with one attached hydrogen (secondary N) is 3. The summed E-state index contributed by atoms with van der Waals surface area (Å²) < 4.78 is 1.83. The number of carbonyl (C=O) groups excluding carboxylic acids is 2. The molecule has 0 radical (unpaired) electrons. The van der Waals surface area contributed by atoms with Gasteiger partial charge in [0.05, 0.1) is 11.4 Å². The predicted molar refractivity (Wildman–Crippen MR) is 117 cm³/mol. The average Bonchev–Trinajstić information content (AvgIpc) is 3.39. The first kappa shape index (κ1) is 19.7.